The van der Waals surface area contributed by atoms with E-state index in [2.05, 4.69) is 10.0 Å². The topological polar surface area (TPSA) is 88.4 Å². The van der Waals surface area contributed by atoms with Gasteiger partial charge < -0.3 is 9.73 Å². The summed E-state index contributed by atoms with van der Waals surface area (Å²) in [4.78, 5) is 12.3. The fraction of sp³-hybridized carbons (Fsp3) is 0.353. The number of amides is 1. The maximum Gasteiger partial charge on any atom is 0.251 e. The number of hydrogen-bond acceptors (Lipinski definition) is 4. The fourth-order valence-electron chi connectivity index (χ4n) is 2.45. The lowest BCUT2D eigenvalue weighted by molar-refractivity contribution is 0.0935. The Hall–Kier alpha value is -2.12. The molecule has 7 heteroatoms. The van der Waals surface area contributed by atoms with Crippen molar-refractivity contribution >= 4 is 15.9 Å². The number of benzene rings is 1. The predicted molar refractivity (Wildman–Crippen MR) is 88.8 cm³/mol. The van der Waals surface area contributed by atoms with Gasteiger partial charge in [0.05, 0.1) is 17.7 Å². The molecule has 0 aliphatic heterocycles. The van der Waals surface area contributed by atoms with E-state index in [-0.39, 0.29) is 23.4 Å². The van der Waals surface area contributed by atoms with Crippen molar-refractivity contribution in [2.75, 3.05) is 0 Å². The van der Waals surface area contributed by atoms with E-state index < -0.39 is 10.0 Å². The summed E-state index contributed by atoms with van der Waals surface area (Å²) in [5.41, 5.74) is 0.451. The molecule has 3 rings (SSSR count). The Labute approximate surface area is 141 Å². The molecule has 0 unspecified atom stereocenters. The average molecular weight is 348 g/mol. The molecule has 1 atom stereocenters. The molecule has 128 valence electrons. The van der Waals surface area contributed by atoms with Gasteiger partial charge in [-0.15, -0.1) is 0 Å². The van der Waals surface area contributed by atoms with Crippen LogP contribution in [0.15, 0.2) is 52.0 Å². The minimum absolute atomic E-state index is 0.0798. The minimum Gasteiger partial charge on any atom is -0.468 e. The van der Waals surface area contributed by atoms with Gasteiger partial charge in [0.1, 0.15) is 5.76 Å². The highest BCUT2D eigenvalue weighted by molar-refractivity contribution is 7.89. The standard InChI is InChI=1S/C17H20N2O4S/c1-12(13-4-5-13)19-17(20)14-6-8-16(9-7-14)24(21,22)18-11-15-3-2-10-23-15/h2-3,6-10,12-13,18H,4-5,11H2,1H3,(H,19,20)/t12-/m0/s1. The van der Waals surface area contributed by atoms with Crippen molar-refractivity contribution in [1.29, 1.82) is 0 Å². The van der Waals surface area contributed by atoms with Crippen LogP contribution in [0.2, 0.25) is 0 Å². The quantitative estimate of drug-likeness (QED) is 0.803. The summed E-state index contributed by atoms with van der Waals surface area (Å²) >= 11 is 0. The molecule has 6 nitrogen and oxygen atoms in total. The highest BCUT2D eigenvalue weighted by Crippen LogP contribution is 2.32. The maximum absolute atomic E-state index is 12.2. The Morgan fingerprint density at radius 3 is 2.54 bits per heavy atom. The van der Waals surface area contributed by atoms with Crippen molar-refractivity contribution in [3.63, 3.8) is 0 Å². The second-order valence-corrected chi connectivity index (χ2v) is 7.79. The molecule has 0 bridgehead atoms. The number of hydrogen-bond donors (Lipinski definition) is 2. The summed E-state index contributed by atoms with van der Waals surface area (Å²) in [6, 6.07) is 9.45. The predicted octanol–water partition coefficient (Wildman–Crippen LogP) is 2.29. The van der Waals surface area contributed by atoms with Crippen molar-refractivity contribution in [1.82, 2.24) is 10.0 Å². The van der Waals surface area contributed by atoms with Crippen LogP contribution >= 0.6 is 0 Å². The van der Waals surface area contributed by atoms with Gasteiger partial charge in [-0.25, -0.2) is 13.1 Å². The second-order valence-electron chi connectivity index (χ2n) is 6.03. The molecule has 2 aromatic rings. The summed E-state index contributed by atoms with van der Waals surface area (Å²) in [5.74, 6) is 0.921. The van der Waals surface area contributed by atoms with E-state index in [0.717, 1.165) is 12.8 Å². The molecule has 0 saturated heterocycles. The molecule has 0 spiro atoms. The molecular formula is C17H20N2O4S. The average Bonchev–Trinajstić information content (AvgIpc) is 3.30. The molecule has 1 amide bonds. The van der Waals surface area contributed by atoms with Crippen LogP contribution < -0.4 is 10.0 Å². The Balaban J connectivity index is 1.63. The summed E-state index contributed by atoms with van der Waals surface area (Å²) in [7, 11) is -3.65. The number of furan rings is 1. The third kappa shape index (κ3) is 4.04. The van der Waals surface area contributed by atoms with Gasteiger partial charge in [0.15, 0.2) is 0 Å². The number of carbonyl (C=O) groups excluding carboxylic acids is 1. The third-order valence-corrected chi connectivity index (χ3v) is 5.55. The van der Waals surface area contributed by atoms with E-state index in [4.69, 9.17) is 4.42 Å². The Morgan fingerprint density at radius 1 is 1.25 bits per heavy atom. The van der Waals surface area contributed by atoms with Gasteiger partial charge in [0, 0.05) is 11.6 Å². The van der Waals surface area contributed by atoms with Gasteiger partial charge in [-0.3, -0.25) is 4.79 Å². The largest absolute Gasteiger partial charge is 0.468 e. The monoisotopic (exact) mass is 348 g/mol. The number of carbonyl (C=O) groups is 1. The summed E-state index contributed by atoms with van der Waals surface area (Å²) in [6.45, 7) is 2.07. The SMILES string of the molecule is C[C@H](NC(=O)c1ccc(S(=O)(=O)NCc2ccco2)cc1)C1CC1. The van der Waals surface area contributed by atoms with Gasteiger partial charge in [0.2, 0.25) is 10.0 Å². The second kappa shape index (κ2) is 6.78. The molecular weight excluding hydrogens is 328 g/mol. The number of nitrogens with one attached hydrogen (secondary N) is 2. The van der Waals surface area contributed by atoms with Crippen molar-refractivity contribution in [3.8, 4) is 0 Å². The normalized spacial score (nSPS) is 15.9. The maximum atomic E-state index is 12.2. The molecule has 1 heterocycles. The molecule has 24 heavy (non-hydrogen) atoms. The molecule has 1 saturated carbocycles. The van der Waals surface area contributed by atoms with Crippen LogP contribution in [0.25, 0.3) is 0 Å². The van der Waals surface area contributed by atoms with E-state index in [1.165, 1.54) is 30.5 Å². The molecule has 1 aromatic carbocycles. The van der Waals surface area contributed by atoms with Crippen molar-refractivity contribution in [2.45, 2.75) is 37.2 Å². The van der Waals surface area contributed by atoms with E-state index in [1.807, 2.05) is 6.92 Å². The first-order valence-electron chi connectivity index (χ1n) is 7.89. The molecule has 0 radical (unpaired) electrons. The van der Waals surface area contributed by atoms with Gasteiger partial charge in [-0.2, -0.15) is 0 Å². The summed E-state index contributed by atoms with van der Waals surface area (Å²) in [6.07, 6.45) is 3.79. The van der Waals surface area contributed by atoms with Crippen LogP contribution in [-0.4, -0.2) is 20.4 Å². The van der Waals surface area contributed by atoms with Crippen LogP contribution in [-0.2, 0) is 16.6 Å². The highest BCUT2D eigenvalue weighted by Gasteiger charge is 2.29. The smallest absolute Gasteiger partial charge is 0.251 e. The molecule has 1 aromatic heterocycles. The van der Waals surface area contributed by atoms with Gasteiger partial charge in [0.25, 0.3) is 5.91 Å². The number of rotatable bonds is 7. The fourth-order valence-corrected chi connectivity index (χ4v) is 3.45. The van der Waals surface area contributed by atoms with Gasteiger partial charge in [-0.1, -0.05) is 0 Å². The zero-order valence-electron chi connectivity index (χ0n) is 13.4. The minimum atomic E-state index is -3.65. The first kappa shape index (κ1) is 16.7. The summed E-state index contributed by atoms with van der Waals surface area (Å²) in [5, 5.41) is 2.94. The van der Waals surface area contributed by atoms with Gasteiger partial charge >= 0.3 is 0 Å². The van der Waals surface area contributed by atoms with E-state index >= 15 is 0 Å². The zero-order chi connectivity index (χ0) is 17.2. The Bertz CT molecular complexity index is 794. The lowest BCUT2D eigenvalue weighted by atomic mass is 10.1. The first-order chi connectivity index (χ1) is 11.5. The first-order valence-corrected chi connectivity index (χ1v) is 9.37. The third-order valence-electron chi connectivity index (χ3n) is 4.13. The molecule has 2 N–H and O–H groups in total. The van der Waals surface area contributed by atoms with Crippen LogP contribution in [0.1, 0.15) is 35.9 Å². The summed E-state index contributed by atoms with van der Waals surface area (Å²) < 4.78 is 32.0. The lowest BCUT2D eigenvalue weighted by Crippen LogP contribution is -2.34. The molecule has 1 fully saturated rings. The van der Waals surface area contributed by atoms with E-state index in [9.17, 15) is 13.2 Å². The lowest BCUT2D eigenvalue weighted by Gasteiger charge is -2.13. The Morgan fingerprint density at radius 2 is 1.96 bits per heavy atom. The van der Waals surface area contributed by atoms with Crippen LogP contribution in [0.3, 0.4) is 0 Å². The van der Waals surface area contributed by atoms with Crippen LogP contribution in [0, 0.1) is 5.92 Å². The van der Waals surface area contributed by atoms with Crippen LogP contribution in [0.4, 0.5) is 0 Å². The molecule has 1 aliphatic carbocycles. The Kier molecular flexibility index (Phi) is 4.73. The van der Waals surface area contributed by atoms with E-state index in [0.29, 0.717) is 17.2 Å². The van der Waals surface area contributed by atoms with Gasteiger partial charge in [-0.05, 0) is 62.1 Å². The zero-order valence-corrected chi connectivity index (χ0v) is 14.2. The van der Waals surface area contributed by atoms with E-state index in [1.54, 1.807) is 12.1 Å². The van der Waals surface area contributed by atoms with Crippen molar-refractivity contribution in [3.05, 3.63) is 54.0 Å². The van der Waals surface area contributed by atoms with Crippen molar-refractivity contribution in [2.24, 2.45) is 5.92 Å². The van der Waals surface area contributed by atoms with Crippen molar-refractivity contribution < 1.29 is 17.6 Å². The van der Waals surface area contributed by atoms with Crippen LogP contribution in [0.5, 0.6) is 0 Å². The molecule has 1 aliphatic rings. The highest BCUT2D eigenvalue weighted by atomic mass is 32.2. The number of sulfonamides is 1.